The molecular weight excluding hydrogens is 496 g/mol. The van der Waals surface area contributed by atoms with Crippen LogP contribution in [0.1, 0.15) is 91.6 Å². The van der Waals surface area contributed by atoms with Gasteiger partial charge in [0.05, 0.1) is 0 Å². The largest absolute Gasteiger partial charge is 0.480 e. The highest BCUT2D eigenvalue weighted by molar-refractivity contribution is 5.96. The van der Waals surface area contributed by atoms with Crippen LogP contribution in [0.5, 0.6) is 0 Å². The van der Waals surface area contributed by atoms with Crippen molar-refractivity contribution in [3.05, 3.63) is 71.3 Å². The molecule has 3 fully saturated rings. The van der Waals surface area contributed by atoms with E-state index in [4.69, 9.17) is 0 Å². The van der Waals surface area contributed by atoms with Gasteiger partial charge < -0.3 is 10.0 Å². The zero-order chi connectivity index (χ0) is 27.9. The highest BCUT2D eigenvalue weighted by Gasteiger charge is 2.43. The zero-order valence-corrected chi connectivity index (χ0v) is 24.3. The maximum absolute atomic E-state index is 12.6. The zero-order valence-electron chi connectivity index (χ0n) is 24.3. The molecule has 0 unspecified atom stereocenters. The molecule has 1 aliphatic carbocycles. The maximum atomic E-state index is 12.6. The van der Waals surface area contributed by atoms with Crippen LogP contribution in [0.4, 0.5) is 0 Å². The van der Waals surface area contributed by atoms with E-state index in [1.54, 1.807) is 0 Å². The van der Waals surface area contributed by atoms with Gasteiger partial charge in [-0.25, -0.2) is 0 Å². The van der Waals surface area contributed by atoms with Crippen LogP contribution in [0.3, 0.4) is 0 Å². The normalized spacial score (nSPS) is 24.2. The van der Waals surface area contributed by atoms with Crippen molar-refractivity contribution < 1.29 is 14.7 Å². The number of likely N-dealkylation sites (tertiary alicyclic amines) is 2. The molecule has 0 amide bonds. The Hall–Kier alpha value is -2.50. The molecular formula is C35H48N2O3. The lowest BCUT2D eigenvalue weighted by molar-refractivity contribution is -0.145. The fourth-order valence-electron chi connectivity index (χ4n) is 7.72. The Morgan fingerprint density at radius 2 is 1.60 bits per heavy atom. The van der Waals surface area contributed by atoms with Gasteiger partial charge in [-0.2, -0.15) is 0 Å². The third kappa shape index (κ3) is 7.41. The van der Waals surface area contributed by atoms with Crippen molar-refractivity contribution in [3.8, 4) is 0 Å². The number of nitrogens with zero attached hydrogens (tertiary/aromatic N) is 2. The summed E-state index contributed by atoms with van der Waals surface area (Å²) in [6, 6.07) is 18.4. The molecule has 0 bridgehead atoms. The van der Waals surface area contributed by atoms with Crippen LogP contribution < -0.4 is 0 Å². The van der Waals surface area contributed by atoms with Crippen molar-refractivity contribution >= 4 is 11.8 Å². The topological polar surface area (TPSA) is 60.9 Å². The SMILES string of the molecule is Cc1ccc(C(=O)CCCC2CCN(C[C@H]3CN([C@@H](C(=O)O)C4CCCCC4)C[C@@H]3c3ccccc3)CC2)cc1. The number of hydrogen-bond donors (Lipinski definition) is 1. The Balaban J connectivity index is 1.14. The van der Waals surface area contributed by atoms with Gasteiger partial charge in [0.15, 0.2) is 5.78 Å². The molecule has 2 heterocycles. The number of carboxylic acid groups (broad SMARTS) is 1. The number of carbonyl (C=O) groups is 2. The number of Topliss-reactive ketones (excluding diaryl/α,β-unsaturated/α-hetero) is 1. The minimum absolute atomic E-state index is 0.267. The Kier molecular flexibility index (Phi) is 10.1. The number of aliphatic carboxylic acids is 1. The molecule has 40 heavy (non-hydrogen) atoms. The van der Waals surface area contributed by atoms with Crippen molar-refractivity contribution in [1.82, 2.24) is 9.80 Å². The number of benzene rings is 2. The van der Waals surface area contributed by atoms with Crippen molar-refractivity contribution in [1.29, 1.82) is 0 Å². The Morgan fingerprint density at radius 3 is 2.27 bits per heavy atom. The van der Waals surface area contributed by atoms with E-state index in [0.29, 0.717) is 24.2 Å². The van der Waals surface area contributed by atoms with Crippen LogP contribution in [0.2, 0.25) is 0 Å². The predicted octanol–water partition coefficient (Wildman–Crippen LogP) is 6.81. The summed E-state index contributed by atoms with van der Waals surface area (Å²) in [5, 5.41) is 10.3. The second-order valence-corrected chi connectivity index (χ2v) is 12.8. The molecule has 2 aliphatic heterocycles. The molecule has 0 radical (unpaired) electrons. The molecule has 1 saturated carbocycles. The van der Waals surface area contributed by atoms with Gasteiger partial charge in [-0.3, -0.25) is 14.5 Å². The van der Waals surface area contributed by atoms with E-state index in [1.807, 2.05) is 24.3 Å². The molecule has 3 aliphatic rings. The van der Waals surface area contributed by atoms with Crippen molar-refractivity contribution in [2.45, 2.75) is 83.1 Å². The number of piperidine rings is 1. The molecule has 5 heteroatoms. The summed E-state index contributed by atoms with van der Waals surface area (Å²) < 4.78 is 0. The second kappa shape index (κ2) is 13.9. The van der Waals surface area contributed by atoms with E-state index in [-0.39, 0.29) is 17.7 Å². The average Bonchev–Trinajstić information content (AvgIpc) is 3.38. The smallest absolute Gasteiger partial charge is 0.321 e. The number of rotatable bonds is 11. The average molecular weight is 545 g/mol. The lowest BCUT2D eigenvalue weighted by atomic mass is 9.83. The molecule has 5 rings (SSSR count). The van der Waals surface area contributed by atoms with Crippen LogP contribution in [0.15, 0.2) is 54.6 Å². The quantitative estimate of drug-likeness (QED) is 0.315. The van der Waals surface area contributed by atoms with Crippen LogP contribution >= 0.6 is 0 Å². The van der Waals surface area contributed by atoms with E-state index in [1.165, 1.54) is 43.2 Å². The summed E-state index contributed by atoms with van der Waals surface area (Å²) in [7, 11) is 0. The molecule has 1 N–H and O–H groups in total. The molecule has 2 aromatic rings. The Bertz CT molecular complexity index is 1090. The Morgan fingerprint density at radius 1 is 0.900 bits per heavy atom. The molecule has 216 valence electrons. The van der Waals surface area contributed by atoms with Gasteiger partial charge in [0.2, 0.25) is 0 Å². The molecule has 0 spiro atoms. The molecule has 3 atom stereocenters. The first-order valence-corrected chi connectivity index (χ1v) is 15.8. The Labute approximate surface area is 241 Å². The minimum Gasteiger partial charge on any atom is -0.480 e. The number of hydrogen-bond acceptors (Lipinski definition) is 4. The summed E-state index contributed by atoms with van der Waals surface area (Å²) in [6.07, 6.45) is 10.8. The summed E-state index contributed by atoms with van der Waals surface area (Å²) in [5.74, 6) is 1.47. The van der Waals surface area contributed by atoms with Crippen LogP contribution in [-0.4, -0.2) is 65.4 Å². The lowest BCUT2D eigenvalue weighted by Gasteiger charge is -2.35. The van der Waals surface area contributed by atoms with Gasteiger partial charge in [-0.15, -0.1) is 0 Å². The first kappa shape index (κ1) is 29.0. The van der Waals surface area contributed by atoms with Crippen molar-refractivity contribution in [2.24, 2.45) is 17.8 Å². The van der Waals surface area contributed by atoms with Crippen LogP contribution in [0, 0.1) is 24.7 Å². The van der Waals surface area contributed by atoms with Crippen molar-refractivity contribution in [3.63, 3.8) is 0 Å². The van der Waals surface area contributed by atoms with E-state index >= 15 is 0 Å². The molecule has 2 aromatic carbocycles. The highest BCUT2D eigenvalue weighted by atomic mass is 16.4. The van der Waals surface area contributed by atoms with E-state index in [9.17, 15) is 14.7 Å². The van der Waals surface area contributed by atoms with Crippen LogP contribution in [0.25, 0.3) is 0 Å². The van der Waals surface area contributed by atoms with Gasteiger partial charge in [-0.1, -0.05) is 79.4 Å². The lowest BCUT2D eigenvalue weighted by Crippen LogP contribution is -2.46. The summed E-state index contributed by atoms with van der Waals surface area (Å²) in [6.45, 7) is 7.06. The van der Waals surface area contributed by atoms with Crippen LogP contribution in [-0.2, 0) is 4.79 Å². The van der Waals surface area contributed by atoms with E-state index in [2.05, 4.69) is 47.1 Å². The first-order valence-electron chi connectivity index (χ1n) is 15.8. The second-order valence-electron chi connectivity index (χ2n) is 12.8. The van der Waals surface area contributed by atoms with Gasteiger partial charge in [0.1, 0.15) is 6.04 Å². The van der Waals surface area contributed by atoms with Gasteiger partial charge in [-0.05, 0) is 81.9 Å². The molecule has 0 aromatic heterocycles. The monoisotopic (exact) mass is 544 g/mol. The third-order valence-electron chi connectivity index (χ3n) is 10.0. The van der Waals surface area contributed by atoms with E-state index in [0.717, 1.165) is 64.0 Å². The number of carbonyl (C=O) groups excluding carboxylic acids is 1. The summed E-state index contributed by atoms with van der Waals surface area (Å²) >= 11 is 0. The van der Waals surface area contributed by atoms with Gasteiger partial charge >= 0.3 is 5.97 Å². The third-order valence-corrected chi connectivity index (χ3v) is 10.0. The summed E-state index contributed by atoms with van der Waals surface area (Å²) in [4.78, 5) is 30.0. The van der Waals surface area contributed by atoms with Crippen molar-refractivity contribution in [2.75, 3.05) is 32.7 Å². The fourth-order valence-corrected chi connectivity index (χ4v) is 7.72. The van der Waals surface area contributed by atoms with E-state index < -0.39 is 5.97 Å². The molecule has 5 nitrogen and oxygen atoms in total. The minimum atomic E-state index is -0.624. The highest BCUT2D eigenvalue weighted by Crippen LogP contribution is 2.38. The summed E-state index contributed by atoms with van der Waals surface area (Å²) in [5.41, 5.74) is 3.39. The van der Waals surface area contributed by atoms with Gasteiger partial charge in [0, 0.05) is 37.5 Å². The number of ketones is 1. The number of carboxylic acids is 1. The van der Waals surface area contributed by atoms with Gasteiger partial charge in [0.25, 0.3) is 0 Å². The maximum Gasteiger partial charge on any atom is 0.321 e. The number of aryl methyl sites for hydroxylation is 1. The fraction of sp³-hybridized carbons (Fsp3) is 0.600. The molecule has 2 saturated heterocycles. The first-order chi connectivity index (χ1) is 19.5. The standard InChI is InChI=1S/C35H48N2O3/c1-26-15-17-29(18-16-26)33(38)14-8-9-27-19-21-36(22-20-27)23-31-24-37(25-32(31)28-10-4-2-5-11-28)34(35(39)40)30-12-6-3-7-13-30/h2,4-5,10-11,15-18,27,30-32,34H,3,6-9,12-14,19-25H2,1H3,(H,39,40)/t31-,32+,34+/m0/s1. The predicted molar refractivity (Wildman–Crippen MR) is 161 cm³/mol.